The van der Waals surface area contributed by atoms with Gasteiger partial charge in [-0.1, -0.05) is 23.4 Å². The highest BCUT2D eigenvalue weighted by molar-refractivity contribution is 8.00. The first-order chi connectivity index (χ1) is 10.1. The number of nitrogens with zero attached hydrogens (tertiary/aromatic N) is 3. The van der Waals surface area contributed by atoms with E-state index in [2.05, 4.69) is 31.0 Å². The van der Waals surface area contributed by atoms with Crippen molar-refractivity contribution in [2.75, 3.05) is 7.11 Å². The second-order valence-electron chi connectivity index (χ2n) is 4.75. The third kappa shape index (κ3) is 2.56. The van der Waals surface area contributed by atoms with Gasteiger partial charge in [-0.2, -0.15) is 0 Å². The average Bonchev–Trinajstić information content (AvgIpc) is 2.83. The number of aryl methyl sites for hydroxylation is 1. The van der Waals surface area contributed by atoms with E-state index in [9.17, 15) is 4.79 Å². The van der Waals surface area contributed by atoms with Crippen molar-refractivity contribution >= 4 is 39.8 Å². The van der Waals surface area contributed by atoms with E-state index in [0.29, 0.717) is 10.8 Å². The molecule has 0 aliphatic carbocycles. The summed E-state index contributed by atoms with van der Waals surface area (Å²) in [5, 5.41) is 9.40. The highest BCUT2D eigenvalue weighted by Gasteiger charge is 2.17. The molecule has 1 N–H and O–H groups in total. The Morgan fingerprint density at radius 2 is 2.19 bits per heavy atom. The molecule has 7 heteroatoms. The van der Waals surface area contributed by atoms with E-state index >= 15 is 0 Å². The van der Waals surface area contributed by atoms with E-state index in [0.717, 1.165) is 22.0 Å². The maximum absolute atomic E-state index is 11.4. The van der Waals surface area contributed by atoms with Crippen molar-refractivity contribution in [1.29, 1.82) is 0 Å². The lowest BCUT2D eigenvalue weighted by Gasteiger charge is -2.06. The van der Waals surface area contributed by atoms with Gasteiger partial charge in [-0.15, -0.1) is 10.2 Å². The largest absolute Gasteiger partial charge is 0.468 e. The molecule has 0 saturated heterocycles. The Balaban J connectivity index is 2.01. The van der Waals surface area contributed by atoms with Gasteiger partial charge in [-0.3, -0.25) is 4.79 Å². The van der Waals surface area contributed by atoms with Crippen molar-refractivity contribution in [2.45, 2.75) is 24.3 Å². The molecule has 1 atom stereocenters. The Hall–Kier alpha value is -2.15. The molecular weight excluding hydrogens is 288 g/mol. The first-order valence-electron chi connectivity index (χ1n) is 6.45. The maximum Gasteiger partial charge on any atom is 0.318 e. The van der Waals surface area contributed by atoms with E-state index in [-0.39, 0.29) is 11.2 Å². The van der Waals surface area contributed by atoms with E-state index < -0.39 is 0 Å². The Morgan fingerprint density at radius 1 is 1.38 bits per heavy atom. The number of esters is 1. The van der Waals surface area contributed by atoms with Gasteiger partial charge in [-0.25, -0.2) is 4.98 Å². The van der Waals surface area contributed by atoms with Gasteiger partial charge in [0.15, 0.2) is 5.65 Å². The first-order valence-corrected chi connectivity index (χ1v) is 7.33. The lowest BCUT2D eigenvalue weighted by atomic mass is 10.2. The number of carbonyl (C=O) groups excluding carboxylic acids is 1. The smallest absolute Gasteiger partial charge is 0.318 e. The Bertz CT molecular complexity index is 830. The van der Waals surface area contributed by atoms with E-state index in [4.69, 9.17) is 0 Å². The molecule has 0 radical (unpaired) electrons. The fraction of sp³-hybridized carbons (Fsp3) is 0.286. The summed E-state index contributed by atoms with van der Waals surface area (Å²) in [5.74, 6) is -0.309. The van der Waals surface area contributed by atoms with Crippen LogP contribution in [0.2, 0.25) is 0 Å². The summed E-state index contributed by atoms with van der Waals surface area (Å²) < 4.78 is 4.69. The molecule has 6 nitrogen and oxygen atoms in total. The number of aromatic amines is 1. The molecule has 2 heterocycles. The zero-order valence-electron chi connectivity index (χ0n) is 11.9. The molecular formula is C14H14N4O2S. The number of carbonyl (C=O) groups is 1. The number of rotatable bonds is 3. The minimum atomic E-state index is -0.374. The SMILES string of the molecule is COC(=O)C(C)Sc1nnc2c(n1)[nH]c1ccc(C)cc12. The predicted octanol–water partition coefficient (Wildman–Crippen LogP) is 2.47. The fourth-order valence-electron chi connectivity index (χ4n) is 2.09. The van der Waals surface area contributed by atoms with Crippen molar-refractivity contribution in [3.63, 3.8) is 0 Å². The summed E-state index contributed by atoms with van der Waals surface area (Å²) in [6.07, 6.45) is 0. The average molecular weight is 302 g/mol. The molecule has 0 spiro atoms. The van der Waals surface area contributed by atoms with Crippen LogP contribution in [0.25, 0.3) is 22.1 Å². The molecule has 108 valence electrons. The maximum atomic E-state index is 11.4. The molecule has 1 unspecified atom stereocenters. The van der Waals surface area contributed by atoms with Crippen molar-refractivity contribution in [2.24, 2.45) is 0 Å². The van der Waals surface area contributed by atoms with Crippen LogP contribution in [0, 0.1) is 6.92 Å². The second kappa shape index (κ2) is 5.33. The standard InChI is InChI=1S/C14H14N4O2S/c1-7-4-5-10-9(6-7)11-12(15-10)16-14(18-17-11)21-8(2)13(19)20-3/h4-6,8H,1-3H3,(H,15,16,18). The number of methoxy groups -OCH3 is 1. The van der Waals surface area contributed by atoms with Gasteiger partial charge in [0.2, 0.25) is 5.16 Å². The normalized spacial score (nSPS) is 12.7. The van der Waals surface area contributed by atoms with Crippen LogP contribution in [0.1, 0.15) is 12.5 Å². The number of hydrogen-bond donors (Lipinski definition) is 1. The van der Waals surface area contributed by atoms with E-state index in [1.165, 1.54) is 18.9 Å². The van der Waals surface area contributed by atoms with Crippen LogP contribution in [-0.2, 0) is 9.53 Å². The third-order valence-electron chi connectivity index (χ3n) is 3.17. The Morgan fingerprint density at radius 3 is 2.95 bits per heavy atom. The van der Waals surface area contributed by atoms with Crippen molar-refractivity contribution in [3.8, 4) is 0 Å². The number of hydrogen-bond acceptors (Lipinski definition) is 6. The van der Waals surface area contributed by atoms with Gasteiger partial charge in [-0.05, 0) is 26.0 Å². The number of benzene rings is 1. The topological polar surface area (TPSA) is 80.8 Å². The summed E-state index contributed by atoms with van der Waals surface area (Å²) in [6, 6.07) is 6.08. The van der Waals surface area contributed by atoms with Crippen LogP contribution in [0.4, 0.5) is 0 Å². The summed E-state index contributed by atoms with van der Waals surface area (Å²) in [5.41, 5.74) is 3.54. The number of aromatic nitrogens is 4. The highest BCUT2D eigenvalue weighted by Crippen LogP contribution is 2.26. The first kappa shape index (κ1) is 13.8. The molecule has 3 aromatic rings. The van der Waals surface area contributed by atoms with Gasteiger partial charge in [0.05, 0.1) is 7.11 Å². The predicted molar refractivity (Wildman–Crippen MR) is 81.3 cm³/mol. The number of thioether (sulfide) groups is 1. The van der Waals surface area contributed by atoms with Gasteiger partial charge < -0.3 is 9.72 Å². The van der Waals surface area contributed by atoms with Gasteiger partial charge in [0, 0.05) is 10.9 Å². The van der Waals surface area contributed by atoms with Crippen molar-refractivity contribution in [3.05, 3.63) is 23.8 Å². The number of H-pyrrole nitrogens is 1. The molecule has 0 aliphatic rings. The summed E-state index contributed by atoms with van der Waals surface area (Å²) in [4.78, 5) is 19.1. The lowest BCUT2D eigenvalue weighted by molar-refractivity contribution is -0.139. The summed E-state index contributed by atoms with van der Waals surface area (Å²) in [7, 11) is 1.36. The van der Waals surface area contributed by atoms with Crippen molar-refractivity contribution < 1.29 is 9.53 Å². The zero-order valence-corrected chi connectivity index (χ0v) is 12.7. The molecule has 0 fully saturated rings. The second-order valence-corrected chi connectivity index (χ2v) is 6.06. The summed E-state index contributed by atoms with van der Waals surface area (Å²) in [6.45, 7) is 3.78. The molecule has 2 aromatic heterocycles. The zero-order chi connectivity index (χ0) is 15.0. The molecule has 0 aliphatic heterocycles. The fourth-order valence-corrected chi connectivity index (χ4v) is 2.83. The Labute approximate surface area is 125 Å². The molecule has 0 bridgehead atoms. The quantitative estimate of drug-likeness (QED) is 0.591. The minimum Gasteiger partial charge on any atom is -0.468 e. The summed E-state index contributed by atoms with van der Waals surface area (Å²) >= 11 is 1.22. The number of fused-ring (bicyclic) bond motifs is 3. The third-order valence-corrected chi connectivity index (χ3v) is 4.10. The number of ether oxygens (including phenoxy) is 1. The minimum absolute atomic E-state index is 0.309. The molecule has 3 rings (SSSR count). The van der Waals surface area contributed by atoms with Gasteiger partial charge in [0.1, 0.15) is 10.8 Å². The van der Waals surface area contributed by atoms with E-state index in [1.54, 1.807) is 6.92 Å². The van der Waals surface area contributed by atoms with Crippen LogP contribution < -0.4 is 0 Å². The van der Waals surface area contributed by atoms with Crippen LogP contribution in [0.5, 0.6) is 0 Å². The lowest BCUT2D eigenvalue weighted by Crippen LogP contribution is -2.15. The molecule has 0 amide bonds. The Kier molecular flexibility index (Phi) is 3.50. The van der Waals surface area contributed by atoms with Crippen LogP contribution in [-0.4, -0.2) is 38.5 Å². The van der Waals surface area contributed by atoms with Crippen LogP contribution in [0.3, 0.4) is 0 Å². The highest BCUT2D eigenvalue weighted by atomic mass is 32.2. The van der Waals surface area contributed by atoms with Crippen molar-refractivity contribution in [1.82, 2.24) is 20.2 Å². The van der Waals surface area contributed by atoms with Gasteiger partial charge >= 0.3 is 5.97 Å². The van der Waals surface area contributed by atoms with Crippen LogP contribution in [0.15, 0.2) is 23.4 Å². The van der Waals surface area contributed by atoms with Gasteiger partial charge in [0.25, 0.3) is 0 Å². The van der Waals surface area contributed by atoms with Crippen LogP contribution >= 0.6 is 11.8 Å². The monoisotopic (exact) mass is 302 g/mol. The molecule has 21 heavy (non-hydrogen) atoms. The molecule has 0 saturated carbocycles. The number of nitrogens with one attached hydrogen (secondary N) is 1. The molecule has 1 aromatic carbocycles. The van der Waals surface area contributed by atoms with E-state index in [1.807, 2.05) is 19.1 Å².